The molecule has 0 saturated carbocycles. The topological polar surface area (TPSA) is 52.6 Å². The summed E-state index contributed by atoms with van der Waals surface area (Å²) in [6, 6.07) is 8.42. The molecule has 4 nitrogen and oxygen atoms in total. The highest BCUT2D eigenvalue weighted by Gasteiger charge is 2.23. The molecule has 0 bridgehead atoms. The Morgan fingerprint density at radius 3 is 2.50 bits per heavy atom. The van der Waals surface area contributed by atoms with Gasteiger partial charge in [0, 0.05) is 28.3 Å². The van der Waals surface area contributed by atoms with Crippen LogP contribution in [0.5, 0.6) is 0 Å². The van der Waals surface area contributed by atoms with Gasteiger partial charge in [-0.1, -0.05) is 12.1 Å². The number of ketones is 1. The van der Waals surface area contributed by atoms with Crippen molar-refractivity contribution < 1.29 is 23.5 Å². The summed E-state index contributed by atoms with van der Waals surface area (Å²) in [7, 11) is 1.48. The van der Waals surface area contributed by atoms with Crippen LogP contribution < -0.4 is 0 Å². The summed E-state index contributed by atoms with van der Waals surface area (Å²) in [4.78, 5) is 25.4. The maximum absolute atomic E-state index is 14.2. The van der Waals surface area contributed by atoms with E-state index in [0.717, 1.165) is 28.0 Å². The highest BCUT2D eigenvalue weighted by Crippen LogP contribution is 2.34. The predicted molar refractivity (Wildman–Crippen MR) is 108 cm³/mol. The van der Waals surface area contributed by atoms with Crippen LogP contribution in [0.2, 0.25) is 0 Å². The summed E-state index contributed by atoms with van der Waals surface area (Å²) >= 11 is 1.14. The number of fused-ring (bicyclic) bond motifs is 1. The van der Waals surface area contributed by atoms with Crippen LogP contribution in [-0.2, 0) is 16.1 Å². The highest BCUT2D eigenvalue weighted by molar-refractivity contribution is 7.21. The Hall–Kier alpha value is -2.57. The summed E-state index contributed by atoms with van der Waals surface area (Å²) in [5.41, 5.74) is 3.93. The van der Waals surface area contributed by atoms with E-state index in [1.54, 1.807) is 12.1 Å². The number of methoxy groups -OCH3 is 1. The van der Waals surface area contributed by atoms with E-state index in [0.29, 0.717) is 21.2 Å². The number of thiophene rings is 1. The Morgan fingerprint density at radius 1 is 1.07 bits per heavy atom. The van der Waals surface area contributed by atoms with E-state index in [1.165, 1.54) is 13.2 Å². The molecule has 0 amide bonds. The number of esters is 1. The van der Waals surface area contributed by atoms with Crippen LogP contribution in [0.25, 0.3) is 10.1 Å². The lowest BCUT2D eigenvalue weighted by Gasteiger charge is -2.10. The van der Waals surface area contributed by atoms with E-state index in [4.69, 9.17) is 9.47 Å². The summed E-state index contributed by atoms with van der Waals surface area (Å²) in [6.07, 6.45) is 0. The molecule has 0 saturated heterocycles. The Labute approximate surface area is 166 Å². The van der Waals surface area contributed by atoms with Gasteiger partial charge in [-0.3, -0.25) is 4.79 Å². The summed E-state index contributed by atoms with van der Waals surface area (Å²) in [5, 5.41) is 0.359. The lowest BCUT2D eigenvalue weighted by molar-refractivity contribution is 0.0476. The molecule has 1 aromatic heterocycles. The monoisotopic (exact) mass is 400 g/mol. The van der Waals surface area contributed by atoms with Gasteiger partial charge < -0.3 is 9.47 Å². The summed E-state index contributed by atoms with van der Waals surface area (Å²) < 4.78 is 25.3. The normalized spacial score (nSPS) is 11.0. The van der Waals surface area contributed by atoms with Crippen molar-refractivity contribution in [1.29, 1.82) is 0 Å². The Balaban J connectivity index is 1.84. The van der Waals surface area contributed by atoms with E-state index in [1.807, 2.05) is 32.9 Å². The molecule has 3 aromatic rings. The lowest BCUT2D eigenvalue weighted by Crippen LogP contribution is -2.16. The molecular formula is C22H21FO4S. The number of carbonyl (C=O) groups excluding carboxylic acids is 2. The molecule has 0 aliphatic rings. The van der Waals surface area contributed by atoms with E-state index in [2.05, 4.69) is 0 Å². The number of benzene rings is 2. The lowest BCUT2D eigenvalue weighted by atomic mass is 9.98. The zero-order chi connectivity index (χ0) is 20.4. The van der Waals surface area contributed by atoms with Crippen molar-refractivity contribution in [3.63, 3.8) is 0 Å². The molecule has 0 atom stereocenters. The first kappa shape index (κ1) is 20.2. The largest absolute Gasteiger partial charge is 0.453 e. The Kier molecular flexibility index (Phi) is 5.91. The van der Waals surface area contributed by atoms with Gasteiger partial charge in [-0.25, -0.2) is 9.18 Å². The molecule has 2 aromatic carbocycles. The SMILES string of the molecule is COCc1c(C(=O)OCC(=O)c2cc(C)c(C)cc2C)sc2cccc(F)c12. The Bertz CT molecular complexity index is 1070. The minimum absolute atomic E-state index is 0.0789. The van der Waals surface area contributed by atoms with E-state index in [9.17, 15) is 14.0 Å². The number of hydrogen-bond donors (Lipinski definition) is 0. The van der Waals surface area contributed by atoms with Crippen LogP contribution in [0.15, 0.2) is 30.3 Å². The fourth-order valence-electron chi connectivity index (χ4n) is 3.15. The van der Waals surface area contributed by atoms with Gasteiger partial charge in [-0.05, 0) is 55.7 Å². The molecule has 6 heteroatoms. The minimum atomic E-state index is -0.650. The van der Waals surface area contributed by atoms with Gasteiger partial charge >= 0.3 is 5.97 Å². The van der Waals surface area contributed by atoms with E-state index in [-0.39, 0.29) is 23.9 Å². The zero-order valence-electron chi connectivity index (χ0n) is 16.2. The first-order chi connectivity index (χ1) is 13.3. The van der Waals surface area contributed by atoms with Crippen molar-refractivity contribution in [2.45, 2.75) is 27.4 Å². The number of ether oxygens (including phenoxy) is 2. The summed E-state index contributed by atoms with van der Waals surface area (Å²) in [5.74, 6) is -1.33. The quantitative estimate of drug-likeness (QED) is 0.424. The molecule has 0 aliphatic heterocycles. The van der Waals surface area contributed by atoms with Crippen molar-refractivity contribution in [2.75, 3.05) is 13.7 Å². The molecule has 0 N–H and O–H groups in total. The standard InChI is InChI=1S/C22H21FO4S/c1-12-8-14(3)15(9-13(12)2)18(24)11-27-22(25)21-16(10-26-4)20-17(23)6-5-7-19(20)28-21/h5-9H,10-11H2,1-4H3. The molecule has 1 heterocycles. The average Bonchev–Trinajstić information content (AvgIpc) is 3.03. The van der Waals surface area contributed by atoms with E-state index < -0.39 is 11.8 Å². The predicted octanol–water partition coefficient (Wildman–Crippen LogP) is 5.15. The first-order valence-corrected chi connectivity index (χ1v) is 9.62. The van der Waals surface area contributed by atoms with Crippen LogP contribution in [0.3, 0.4) is 0 Å². The fraction of sp³-hybridized carbons (Fsp3) is 0.273. The van der Waals surface area contributed by atoms with Crippen molar-refractivity contribution in [1.82, 2.24) is 0 Å². The molecular weight excluding hydrogens is 379 g/mol. The molecule has 146 valence electrons. The minimum Gasteiger partial charge on any atom is -0.453 e. The maximum Gasteiger partial charge on any atom is 0.349 e. The van der Waals surface area contributed by atoms with Crippen LogP contribution in [0.4, 0.5) is 4.39 Å². The highest BCUT2D eigenvalue weighted by atomic mass is 32.1. The zero-order valence-corrected chi connectivity index (χ0v) is 17.0. The molecule has 0 aliphatic carbocycles. The van der Waals surface area contributed by atoms with Crippen LogP contribution in [0.1, 0.15) is 42.3 Å². The van der Waals surface area contributed by atoms with Crippen LogP contribution >= 0.6 is 11.3 Å². The third kappa shape index (κ3) is 3.84. The second-order valence-electron chi connectivity index (χ2n) is 6.71. The molecule has 3 rings (SSSR count). The van der Waals surface area contributed by atoms with Crippen molar-refractivity contribution in [3.05, 3.63) is 68.8 Å². The van der Waals surface area contributed by atoms with Gasteiger partial charge in [0.25, 0.3) is 0 Å². The van der Waals surface area contributed by atoms with Gasteiger partial charge in [-0.15, -0.1) is 11.3 Å². The van der Waals surface area contributed by atoms with Gasteiger partial charge in [-0.2, -0.15) is 0 Å². The number of aryl methyl sites for hydroxylation is 3. The number of hydrogen-bond acceptors (Lipinski definition) is 5. The number of rotatable bonds is 6. The smallest absolute Gasteiger partial charge is 0.349 e. The van der Waals surface area contributed by atoms with Gasteiger partial charge in [0.1, 0.15) is 10.7 Å². The first-order valence-electron chi connectivity index (χ1n) is 8.80. The van der Waals surface area contributed by atoms with Crippen molar-refractivity contribution >= 4 is 33.2 Å². The molecule has 0 unspecified atom stereocenters. The summed E-state index contributed by atoms with van der Waals surface area (Å²) in [6.45, 7) is 5.47. The van der Waals surface area contributed by atoms with Crippen LogP contribution in [-0.4, -0.2) is 25.5 Å². The van der Waals surface area contributed by atoms with Crippen molar-refractivity contribution in [2.24, 2.45) is 0 Å². The molecule has 0 spiro atoms. The third-order valence-electron chi connectivity index (χ3n) is 4.71. The number of carbonyl (C=O) groups is 2. The second-order valence-corrected chi connectivity index (χ2v) is 7.76. The Morgan fingerprint density at radius 2 is 1.79 bits per heavy atom. The number of halogens is 1. The second kappa shape index (κ2) is 8.20. The van der Waals surface area contributed by atoms with Gasteiger partial charge in [0.15, 0.2) is 6.61 Å². The molecule has 0 fully saturated rings. The van der Waals surface area contributed by atoms with Gasteiger partial charge in [0.05, 0.1) is 6.61 Å². The molecule has 28 heavy (non-hydrogen) atoms. The van der Waals surface area contributed by atoms with Gasteiger partial charge in [0.2, 0.25) is 5.78 Å². The van der Waals surface area contributed by atoms with Crippen LogP contribution in [0, 0.1) is 26.6 Å². The number of Topliss-reactive ketones (excluding diaryl/α,β-unsaturated/α-hetero) is 1. The third-order valence-corrected chi connectivity index (χ3v) is 5.89. The van der Waals surface area contributed by atoms with E-state index >= 15 is 0 Å². The van der Waals surface area contributed by atoms with Crippen molar-refractivity contribution in [3.8, 4) is 0 Å². The maximum atomic E-state index is 14.2. The molecule has 0 radical (unpaired) electrons. The fourth-order valence-corrected chi connectivity index (χ4v) is 4.27. The average molecular weight is 400 g/mol.